The number of nitrogens with one attached hydrogen (secondary N) is 1. The number of amides is 1. The molecule has 1 fully saturated rings. The Labute approximate surface area is 220 Å². The maximum Gasteiger partial charge on any atom is 0.256 e. The molecule has 9 nitrogen and oxygen atoms in total. The number of benzene rings is 2. The van der Waals surface area contributed by atoms with Crippen LogP contribution in [0.2, 0.25) is 0 Å². The average Bonchev–Trinajstić information content (AvgIpc) is 3.69. The highest BCUT2D eigenvalue weighted by molar-refractivity contribution is 6.03. The van der Waals surface area contributed by atoms with Crippen LogP contribution in [0.25, 0.3) is 22.3 Å². The minimum atomic E-state index is -0.248. The van der Waals surface area contributed by atoms with E-state index in [4.69, 9.17) is 14.2 Å². The SMILES string of the molecule is COc1ccc(C(=O)Nc2ccc(-c3noc([C@@H]4CCCN4Cc4cn(C)c5ccccc45)n3)cn2)cc1. The van der Waals surface area contributed by atoms with Gasteiger partial charge in [-0.3, -0.25) is 9.69 Å². The van der Waals surface area contributed by atoms with Gasteiger partial charge in [0.25, 0.3) is 5.91 Å². The second kappa shape index (κ2) is 10.1. The summed E-state index contributed by atoms with van der Waals surface area (Å²) >= 11 is 0. The lowest BCUT2D eigenvalue weighted by Gasteiger charge is -2.21. The van der Waals surface area contributed by atoms with Crippen molar-refractivity contribution in [3.8, 4) is 17.1 Å². The van der Waals surface area contributed by atoms with Crippen LogP contribution in [0.4, 0.5) is 5.82 Å². The number of aromatic nitrogens is 4. The van der Waals surface area contributed by atoms with E-state index in [1.54, 1.807) is 43.6 Å². The molecule has 1 aliphatic rings. The van der Waals surface area contributed by atoms with Gasteiger partial charge in [-0.15, -0.1) is 0 Å². The number of carbonyl (C=O) groups excluding carboxylic acids is 1. The average molecular weight is 509 g/mol. The molecule has 3 aromatic heterocycles. The van der Waals surface area contributed by atoms with Crippen molar-refractivity contribution in [3.63, 3.8) is 0 Å². The van der Waals surface area contributed by atoms with Crippen LogP contribution in [-0.4, -0.2) is 44.2 Å². The van der Waals surface area contributed by atoms with E-state index in [-0.39, 0.29) is 11.9 Å². The third-order valence-electron chi connectivity index (χ3n) is 7.06. The maximum absolute atomic E-state index is 12.5. The van der Waals surface area contributed by atoms with Crippen LogP contribution in [0.1, 0.15) is 40.7 Å². The summed E-state index contributed by atoms with van der Waals surface area (Å²) in [7, 11) is 3.67. The van der Waals surface area contributed by atoms with E-state index in [1.165, 1.54) is 16.5 Å². The number of fused-ring (bicyclic) bond motifs is 1. The molecule has 1 N–H and O–H groups in total. The molecular formula is C29H28N6O3. The highest BCUT2D eigenvalue weighted by Gasteiger charge is 2.31. The summed E-state index contributed by atoms with van der Waals surface area (Å²) in [5, 5.41) is 8.30. The summed E-state index contributed by atoms with van der Waals surface area (Å²) in [6.07, 6.45) is 5.90. The van der Waals surface area contributed by atoms with Gasteiger partial charge in [-0.25, -0.2) is 4.98 Å². The van der Waals surface area contributed by atoms with Gasteiger partial charge in [0, 0.05) is 48.0 Å². The number of ether oxygens (including phenoxy) is 1. The lowest BCUT2D eigenvalue weighted by atomic mass is 10.1. The quantitative estimate of drug-likeness (QED) is 0.322. The van der Waals surface area contributed by atoms with Crippen LogP contribution in [0.15, 0.2) is 77.6 Å². The maximum atomic E-state index is 12.5. The molecule has 4 heterocycles. The lowest BCUT2D eigenvalue weighted by Crippen LogP contribution is -2.22. The van der Waals surface area contributed by atoms with E-state index in [0.717, 1.165) is 31.5 Å². The van der Waals surface area contributed by atoms with Gasteiger partial charge in [0.2, 0.25) is 11.7 Å². The molecule has 0 bridgehead atoms. The molecule has 38 heavy (non-hydrogen) atoms. The minimum absolute atomic E-state index is 0.0752. The number of aryl methyl sites for hydroxylation is 1. The van der Waals surface area contributed by atoms with Gasteiger partial charge in [0.15, 0.2) is 0 Å². The number of nitrogens with zero attached hydrogens (tertiary/aromatic N) is 5. The van der Waals surface area contributed by atoms with Crippen molar-refractivity contribution >= 4 is 22.6 Å². The molecule has 1 amide bonds. The molecule has 0 saturated carbocycles. The molecule has 192 valence electrons. The topological polar surface area (TPSA) is 98.3 Å². The number of likely N-dealkylation sites (tertiary alicyclic amines) is 1. The first-order valence-corrected chi connectivity index (χ1v) is 12.6. The number of anilines is 1. The second-order valence-corrected chi connectivity index (χ2v) is 9.48. The van der Waals surface area contributed by atoms with Gasteiger partial charge in [-0.2, -0.15) is 4.98 Å². The van der Waals surface area contributed by atoms with E-state index >= 15 is 0 Å². The largest absolute Gasteiger partial charge is 0.497 e. The molecule has 1 aliphatic heterocycles. The van der Waals surface area contributed by atoms with Crippen molar-refractivity contribution in [2.75, 3.05) is 19.0 Å². The summed E-state index contributed by atoms with van der Waals surface area (Å²) in [4.78, 5) is 24.0. The molecule has 9 heteroatoms. The molecule has 0 unspecified atom stereocenters. The number of rotatable bonds is 7. The standard InChI is InChI=1S/C29H28N6O3/c1-34-17-21(23-6-3-4-7-24(23)34)18-35-15-5-8-25(35)29-32-27(33-38-29)20-11-14-26(30-16-20)31-28(36)19-9-12-22(37-2)13-10-19/h3-4,6-7,9-14,16-17,25H,5,8,15,18H2,1-2H3,(H,30,31,36)/t25-/m0/s1. The van der Waals surface area contributed by atoms with E-state index in [2.05, 4.69) is 62.4 Å². The highest BCUT2D eigenvalue weighted by Crippen LogP contribution is 2.34. The molecular weight excluding hydrogens is 480 g/mol. The van der Waals surface area contributed by atoms with Crippen molar-refractivity contribution in [1.82, 2.24) is 24.6 Å². The third-order valence-corrected chi connectivity index (χ3v) is 7.06. The first-order valence-electron chi connectivity index (χ1n) is 12.6. The minimum Gasteiger partial charge on any atom is -0.497 e. The first kappa shape index (κ1) is 23.9. The van der Waals surface area contributed by atoms with E-state index < -0.39 is 0 Å². The summed E-state index contributed by atoms with van der Waals surface area (Å²) in [6.45, 7) is 1.81. The second-order valence-electron chi connectivity index (χ2n) is 9.48. The molecule has 0 radical (unpaired) electrons. The van der Waals surface area contributed by atoms with Gasteiger partial charge < -0.3 is 19.1 Å². The van der Waals surface area contributed by atoms with Gasteiger partial charge in [-0.05, 0) is 67.4 Å². The van der Waals surface area contributed by atoms with Gasteiger partial charge >= 0.3 is 0 Å². The fraction of sp³-hybridized carbons (Fsp3) is 0.241. The predicted octanol–water partition coefficient (Wildman–Crippen LogP) is 5.22. The summed E-state index contributed by atoms with van der Waals surface area (Å²) in [6, 6.07) is 19.0. The Hall–Kier alpha value is -4.50. The molecule has 5 aromatic rings. The fourth-order valence-electron chi connectivity index (χ4n) is 5.08. The van der Waals surface area contributed by atoms with Crippen LogP contribution in [0.3, 0.4) is 0 Å². The van der Waals surface area contributed by atoms with Crippen molar-refractivity contribution in [2.24, 2.45) is 7.05 Å². The Bertz CT molecular complexity index is 1570. The van der Waals surface area contributed by atoms with E-state index in [9.17, 15) is 4.79 Å². The van der Waals surface area contributed by atoms with Crippen LogP contribution < -0.4 is 10.1 Å². The summed E-state index contributed by atoms with van der Waals surface area (Å²) in [5.41, 5.74) is 3.77. The summed E-state index contributed by atoms with van der Waals surface area (Å²) in [5.74, 6) is 1.99. The Morgan fingerprint density at radius 2 is 1.97 bits per heavy atom. The van der Waals surface area contributed by atoms with Crippen molar-refractivity contribution in [1.29, 1.82) is 0 Å². The fourth-order valence-corrected chi connectivity index (χ4v) is 5.08. The highest BCUT2D eigenvalue weighted by atomic mass is 16.5. The zero-order valence-corrected chi connectivity index (χ0v) is 21.3. The van der Waals surface area contributed by atoms with Crippen LogP contribution in [-0.2, 0) is 13.6 Å². The molecule has 6 rings (SSSR count). The van der Waals surface area contributed by atoms with Crippen LogP contribution >= 0.6 is 0 Å². The third kappa shape index (κ3) is 4.64. The number of para-hydroxylation sites is 1. The number of hydrogen-bond donors (Lipinski definition) is 1. The van der Waals surface area contributed by atoms with Crippen molar-refractivity contribution in [2.45, 2.75) is 25.4 Å². The van der Waals surface area contributed by atoms with Crippen LogP contribution in [0, 0.1) is 0 Å². The Balaban J connectivity index is 1.14. The Morgan fingerprint density at radius 1 is 1.13 bits per heavy atom. The predicted molar refractivity (Wildman–Crippen MR) is 144 cm³/mol. The molecule has 0 aliphatic carbocycles. The smallest absolute Gasteiger partial charge is 0.256 e. The van der Waals surface area contributed by atoms with Crippen molar-refractivity contribution < 1.29 is 14.1 Å². The van der Waals surface area contributed by atoms with Crippen molar-refractivity contribution in [3.05, 3.63) is 90.1 Å². The van der Waals surface area contributed by atoms with E-state index in [1.807, 2.05) is 6.07 Å². The molecule has 1 saturated heterocycles. The molecule has 2 aromatic carbocycles. The number of hydrogen-bond acceptors (Lipinski definition) is 7. The first-order chi connectivity index (χ1) is 18.6. The van der Waals surface area contributed by atoms with E-state index in [0.29, 0.717) is 28.8 Å². The summed E-state index contributed by atoms with van der Waals surface area (Å²) < 4.78 is 13.0. The normalized spacial score (nSPS) is 15.7. The van der Waals surface area contributed by atoms with Gasteiger partial charge in [0.05, 0.1) is 13.2 Å². The molecule has 0 spiro atoms. The van der Waals surface area contributed by atoms with Crippen LogP contribution in [0.5, 0.6) is 5.75 Å². The zero-order valence-electron chi connectivity index (χ0n) is 21.3. The number of methoxy groups -OCH3 is 1. The number of carbonyl (C=O) groups is 1. The van der Waals surface area contributed by atoms with Gasteiger partial charge in [-0.1, -0.05) is 23.4 Å². The Morgan fingerprint density at radius 3 is 2.76 bits per heavy atom. The van der Waals surface area contributed by atoms with Gasteiger partial charge in [0.1, 0.15) is 11.6 Å². The Kier molecular flexibility index (Phi) is 6.35. The molecule has 1 atom stereocenters. The lowest BCUT2D eigenvalue weighted by molar-refractivity contribution is 0.102. The zero-order chi connectivity index (χ0) is 26.1. The monoisotopic (exact) mass is 508 g/mol. The number of pyridine rings is 1.